The highest BCUT2D eigenvalue weighted by Crippen LogP contribution is 2.74. The molecule has 4 aliphatic rings. The maximum Gasteiger partial charge on any atom is 0.0650 e. The molecule has 0 heterocycles. The molecule has 132 valence electrons. The topological polar surface area (TPSA) is 60.7 Å². The van der Waals surface area contributed by atoms with Gasteiger partial charge >= 0.3 is 0 Å². The second-order valence-corrected chi connectivity index (χ2v) is 10.2. The van der Waals surface area contributed by atoms with Crippen molar-refractivity contribution >= 4 is 0 Å². The lowest BCUT2D eigenvalue weighted by atomic mass is 9.37. The van der Waals surface area contributed by atoms with Crippen molar-refractivity contribution in [1.82, 2.24) is 0 Å². The zero-order valence-corrected chi connectivity index (χ0v) is 15.0. The number of hydrogen-bond donors (Lipinski definition) is 3. The van der Waals surface area contributed by atoms with E-state index in [9.17, 15) is 15.3 Å². The van der Waals surface area contributed by atoms with Gasteiger partial charge in [0.1, 0.15) is 0 Å². The average molecular weight is 322 g/mol. The molecule has 0 radical (unpaired) electrons. The third-order valence-electron chi connectivity index (χ3n) is 9.16. The van der Waals surface area contributed by atoms with Crippen molar-refractivity contribution in [1.29, 1.82) is 0 Å². The number of rotatable bonds is 1. The first-order valence-corrected chi connectivity index (χ1v) is 9.70. The molecular weight excluding hydrogens is 288 g/mol. The standard InChI is InChI=1S/C20H34O3/c1-17(12-21)6-4-7-18(2)16(17)15(22)9-14-10-19(3,23)13-5-8-20(14,18)11-13/h13-16,21-23H,4-12H2,1-3H3/t13-,14-,15+,16+,17-,18+,19+,20-/m0/s1. The predicted octanol–water partition coefficient (Wildman–Crippen LogP) is 3.11. The first kappa shape index (κ1) is 16.4. The highest BCUT2D eigenvalue weighted by atomic mass is 16.3. The normalized spacial score (nSPS) is 61.8. The Morgan fingerprint density at radius 1 is 1.00 bits per heavy atom. The van der Waals surface area contributed by atoms with Gasteiger partial charge in [-0.15, -0.1) is 0 Å². The smallest absolute Gasteiger partial charge is 0.0650 e. The van der Waals surface area contributed by atoms with Gasteiger partial charge in [-0.25, -0.2) is 0 Å². The average Bonchev–Trinajstić information content (AvgIpc) is 2.88. The van der Waals surface area contributed by atoms with Crippen LogP contribution in [0.15, 0.2) is 0 Å². The number of aliphatic hydroxyl groups is 3. The molecule has 0 saturated heterocycles. The lowest BCUT2D eigenvalue weighted by Crippen LogP contribution is -2.65. The first-order valence-electron chi connectivity index (χ1n) is 9.70. The van der Waals surface area contributed by atoms with Gasteiger partial charge in [0.05, 0.1) is 11.7 Å². The summed E-state index contributed by atoms with van der Waals surface area (Å²) in [7, 11) is 0. The lowest BCUT2D eigenvalue weighted by molar-refractivity contribution is -0.237. The molecule has 3 N–H and O–H groups in total. The number of hydrogen-bond acceptors (Lipinski definition) is 3. The van der Waals surface area contributed by atoms with Crippen LogP contribution in [0.4, 0.5) is 0 Å². The van der Waals surface area contributed by atoms with E-state index in [0.717, 1.165) is 38.5 Å². The second-order valence-electron chi connectivity index (χ2n) is 10.2. The summed E-state index contributed by atoms with van der Waals surface area (Å²) in [5.74, 6) is 1.06. The summed E-state index contributed by atoms with van der Waals surface area (Å²) in [5, 5.41) is 32.1. The molecule has 0 aliphatic heterocycles. The summed E-state index contributed by atoms with van der Waals surface area (Å²) >= 11 is 0. The van der Waals surface area contributed by atoms with Crippen LogP contribution in [0.5, 0.6) is 0 Å². The van der Waals surface area contributed by atoms with E-state index in [1.165, 1.54) is 12.8 Å². The fraction of sp³-hybridized carbons (Fsp3) is 1.00. The Morgan fingerprint density at radius 2 is 1.74 bits per heavy atom. The molecule has 0 aromatic carbocycles. The minimum absolute atomic E-state index is 0.107. The third kappa shape index (κ3) is 1.88. The summed E-state index contributed by atoms with van der Waals surface area (Å²) in [6, 6.07) is 0. The van der Waals surface area contributed by atoms with Crippen LogP contribution in [-0.2, 0) is 0 Å². The molecule has 4 aliphatic carbocycles. The maximum absolute atomic E-state index is 11.1. The van der Waals surface area contributed by atoms with E-state index in [4.69, 9.17) is 0 Å². The van der Waals surface area contributed by atoms with Crippen molar-refractivity contribution in [3.63, 3.8) is 0 Å². The highest BCUT2D eigenvalue weighted by Gasteiger charge is 2.70. The van der Waals surface area contributed by atoms with Gasteiger partial charge in [-0.3, -0.25) is 0 Å². The largest absolute Gasteiger partial charge is 0.396 e. The van der Waals surface area contributed by atoms with Gasteiger partial charge in [-0.1, -0.05) is 20.3 Å². The van der Waals surface area contributed by atoms with Crippen LogP contribution < -0.4 is 0 Å². The van der Waals surface area contributed by atoms with Crippen LogP contribution in [-0.4, -0.2) is 33.6 Å². The zero-order valence-electron chi connectivity index (χ0n) is 15.0. The summed E-state index contributed by atoms with van der Waals surface area (Å²) in [6.45, 7) is 6.82. The Kier molecular flexibility index (Phi) is 3.37. The van der Waals surface area contributed by atoms with E-state index < -0.39 is 5.60 Å². The van der Waals surface area contributed by atoms with Crippen molar-refractivity contribution in [3.05, 3.63) is 0 Å². The quantitative estimate of drug-likeness (QED) is 0.695. The fourth-order valence-corrected chi connectivity index (χ4v) is 8.12. The molecule has 4 fully saturated rings. The number of aliphatic hydroxyl groups excluding tert-OH is 2. The van der Waals surface area contributed by atoms with E-state index in [0.29, 0.717) is 11.8 Å². The Balaban J connectivity index is 1.80. The molecule has 23 heavy (non-hydrogen) atoms. The highest BCUT2D eigenvalue weighted by molar-refractivity contribution is 5.19. The molecule has 0 aromatic rings. The summed E-state index contributed by atoms with van der Waals surface area (Å²) < 4.78 is 0. The minimum Gasteiger partial charge on any atom is -0.396 e. The summed E-state index contributed by atoms with van der Waals surface area (Å²) in [6.07, 6.45) is 8.18. The molecule has 8 atom stereocenters. The molecule has 0 aromatic heterocycles. The fourth-order valence-electron chi connectivity index (χ4n) is 8.12. The van der Waals surface area contributed by atoms with E-state index in [-0.39, 0.29) is 34.9 Å². The Labute approximate surface area is 140 Å². The molecule has 3 heteroatoms. The lowest BCUT2D eigenvalue weighted by Gasteiger charge is -2.68. The van der Waals surface area contributed by atoms with Gasteiger partial charge in [0.2, 0.25) is 0 Å². The maximum atomic E-state index is 11.1. The van der Waals surface area contributed by atoms with Crippen molar-refractivity contribution in [2.75, 3.05) is 6.61 Å². The Bertz CT molecular complexity index is 503. The predicted molar refractivity (Wildman–Crippen MR) is 89.8 cm³/mol. The molecule has 3 nitrogen and oxygen atoms in total. The van der Waals surface area contributed by atoms with Crippen molar-refractivity contribution in [2.45, 2.75) is 83.8 Å². The van der Waals surface area contributed by atoms with Gasteiger partial charge in [-0.05, 0) is 85.9 Å². The third-order valence-corrected chi connectivity index (χ3v) is 9.16. The summed E-state index contributed by atoms with van der Waals surface area (Å²) in [5.41, 5.74) is -0.316. The van der Waals surface area contributed by atoms with E-state index in [1.54, 1.807) is 0 Å². The van der Waals surface area contributed by atoms with E-state index in [1.807, 2.05) is 6.92 Å². The van der Waals surface area contributed by atoms with Gasteiger partial charge < -0.3 is 15.3 Å². The van der Waals surface area contributed by atoms with E-state index >= 15 is 0 Å². The van der Waals surface area contributed by atoms with Crippen molar-refractivity contribution in [2.24, 2.45) is 34.0 Å². The van der Waals surface area contributed by atoms with Crippen molar-refractivity contribution in [3.8, 4) is 0 Å². The van der Waals surface area contributed by atoms with Crippen LogP contribution in [0.25, 0.3) is 0 Å². The second kappa shape index (κ2) is 4.74. The SMILES string of the molecule is C[C@@]1(CO)CCC[C@]2(C)[C@@H]1[C@H](O)C[C@H]1C[C@@](C)(O)[C@H]3CC[C@]12C3. The van der Waals surface area contributed by atoms with Crippen LogP contribution >= 0.6 is 0 Å². The van der Waals surface area contributed by atoms with Crippen LogP contribution in [0.1, 0.15) is 72.1 Å². The van der Waals surface area contributed by atoms with Crippen LogP contribution in [0.2, 0.25) is 0 Å². The van der Waals surface area contributed by atoms with Crippen molar-refractivity contribution < 1.29 is 15.3 Å². The molecule has 4 saturated carbocycles. The minimum atomic E-state index is -0.553. The Hall–Kier alpha value is -0.120. The van der Waals surface area contributed by atoms with Gasteiger partial charge in [0.25, 0.3) is 0 Å². The number of fused-ring (bicyclic) bond motifs is 2. The molecule has 0 unspecified atom stereocenters. The molecule has 1 spiro atoms. The monoisotopic (exact) mass is 322 g/mol. The van der Waals surface area contributed by atoms with Crippen LogP contribution in [0.3, 0.4) is 0 Å². The van der Waals surface area contributed by atoms with E-state index in [2.05, 4.69) is 13.8 Å². The molecule has 4 rings (SSSR count). The molecule has 2 bridgehead atoms. The van der Waals surface area contributed by atoms with Gasteiger partial charge in [0.15, 0.2) is 0 Å². The molecular formula is C20H34O3. The van der Waals surface area contributed by atoms with Crippen LogP contribution in [0, 0.1) is 34.0 Å². The zero-order chi connectivity index (χ0) is 16.7. The Morgan fingerprint density at radius 3 is 2.43 bits per heavy atom. The van der Waals surface area contributed by atoms with Gasteiger partial charge in [-0.2, -0.15) is 0 Å². The first-order chi connectivity index (χ1) is 10.7. The van der Waals surface area contributed by atoms with Gasteiger partial charge in [0, 0.05) is 6.61 Å². The summed E-state index contributed by atoms with van der Waals surface area (Å²) in [4.78, 5) is 0. The molecule has 0 amide bonds.